The lowest BCUT2D eigenvalue weighted by Crippen LogP contribution is -2.47. The van der Waals surface area contributed by atoms with Crippen molar-refractivity contribution < 1.29 is 8.97 Å². The first-order valence-corrected chi connectivity index (χ1v) is 27.2. The maximum atomic E-state index is 2.60. The molecule has 2 atom stereocenters. The largest absolute Gasteiger partial charge is 0.322 e. The Balaban J connectivity index is 2.00. The molecule has 0 N–H and O–H groups in total. The molecule has 0 bridgehead atoms. The van der Waals surface area contributed by atoms with Crippen molar-refractivity contribution in [2.75, 3.05) is 40.3 Å². The Bertz CT molecular complexity index is 1110. The van der Waals surface area contributed by atoms with Crippen molar-refractivity contribution in [2.45, 2.75) is 259 Å². The van der Waals surface area contributed by atoms with E-state index in [9.17, 15) is 0 Å². The van der Waals surface area contributed by atoms with Gasteiger partial charge in [-0.2, -0.15) is 0 Å². The number of quaternary nitrogens is 2. The van der Waals surface area contributed by atoms with Crippen LogP contribution in [0.4, 0.5) is 0 Å². The molecule has 0 radical (unpaired) electrons. The van der Waals surface area contributed by atoms with Crippen molar-refractivity contribution in [1.82, 2.24) is 0 Å². The third-order valence-corrected chi connectivity index (χ3v) is 14.1. The fraction of sp³-hybridized carbons (Fsp3) is 0.793. The smallest absolute Gasteiger partial charge is 0.104 e. The number of aryl methyl sites for hydroxylation is 2. The van der Waals surface area contributed by atoms with Gasteiger partial charge >= 0.3 is 0 Å². The standard InChI is InChI=1S/C58H106N2/c1-7-11-15-19-21-23-25-27-31-35-49-59(5,53-57-45-41-55(42-46-57)39-33-29-17-13-9-3)51-37-38-52-60(6,50-36-32-28-26-24-22-20-16-12-8-2)54-58-47-43-56(44-48-58)40-34-30-18-14-10-4/h41-48H,7-40,49-54H2,1-6H3/q+2. The molecule has 2 unspecified atom stereocenters. The van der Waals surface area contributed by atoms with Crippen LogP contribution in [0.15, 0.2) is 48.5 Å². The molecule has 0 saturated heterocycles. The number of hydrogen-bond donors (Lipinski definition) is 0. The van der Waals surface area contributed by atoms with Gasteiger partial charge in [0, 0.05) is 24.0 Å². The first-order chi connectivity index (χ1) is 29.3. The zero-order valence-corrected chi connectivity index (χ0v) is 41.8. The highest BCUT2D eigenvalue weighted by atomic mass is 15.3. The molecule has 2 aromatic carbocycles. The van der Waals surface area contributed by atoms with E-state index in [1.807, 2.05) is 0 Å². The molecule has 2 nitrogen and oxygen atoms in total. The number of hydrogen-bond acceptors (Lipinski definition) is 0. The molecule has 0 aromatic heterocycles. The summed E-state index contributed by atoms with van der Waals surface area (Å²) >= 11 is 0. The molecule has 0 heterocycles. The molecular weight excluding hydrogens is 725 g/mol. The first-order valence-electron chi connectivity index (χ1n) is 27.2. The van der Waals surface area contributed by atoms with Crippen molar-refractivity contribution in [3.8, 4) is 0 Å². The molecule has 2 heteroatoms. The van der Waals surface area contributed by atoms with Gasteiger partial charge in [0.2, 0.25) is 0 Å². The molecule has 0 aliphatic carbocycles. The Morgan fingerprint density at radius 1 is 0.250 bits per heavy atom. The van der Waals surface area contributed by atoms with Crippen LogP contribution in [0.3, 0.4) is 0 Å². The maximum Gasteiger partial charge on any atom is 0.104 e. The topological polar surface area (TPSA) is 0 Å². The number of rotatable bonds is 43. The zero-order chi connectivity index (χ0) is 43.3. The van der Waals surface area contributed by atoms with Crippen LogP contribution >= 0.6 is 0 Å². The average Bonchev–Trinajstić information content (AvgIpc) is 3.25. The summed E-state index contributed by atoms with van der Waals surface area (Å²) in [7, 11) is 5.19. The third-order valence-electron chi connectivity index (χ3n) is 14.1. The molecule has 346 valence electrons. The third kappa shape index (κ3) is 28.9. The van der Waals surface area contributed by atoms with Crippen molar-refractivity contribution in [1.29, 1.82) is 0 Å². The molecule has 0 amide bonds. The average molecular weight is 831 g/mol. The summed E-state index contributed by atoms with van der Waals surface area (Å²) in [6.07, 6.45) is 47.2. The van der Waals surface area contributed by atoms with Gasteiger partial charge < -0.3 is 8.97 Å². The fourth-order valence-corrected chi connectivity index (χ4v) is 9.86. The van der Waals surface area contributed by atoms with Crippen LogP contribution in [-0.4, -0.2) is 49.2 Å². The van der Waals surface area contributed by atoms with E-state index < -0.39 is 0 Å². The summed E-state index contributed by atoms with van der Waals surface area (Å²) < 4.78 is 2.41. The van der Waals surface area contributed by atoms with Gasteiger partial charge in [-0.25, -0.2) is 0 Å². The van der Waals surface area contributed by atoms with E-state index >= 15 is 0 Å². The second-order valence-electron chi connectivity index (χ2n) is 20.5. The van der Waals surface area contributed by atoms with E-state index in [1.54, 1.807) is 11.1 Å². The Morgan fingerprint density at radius 2 is 0.450 bits per heavy atom. The van der Waals surface area contributed by atoms with E-state index in [-0.39, 0.29) is 0 Å². The second kappa shape index (κ2) is 36.8. The van der Waals surface area contributed by atoms with Gasteiger partial charge in [-0.15, -0.1) is 0 Å². The van der Waals surface area contributed by atoms with E-state index in [0.29, 0.717) is 0 Å². The summed E-state index contributed by atoms with van der Waals surface area (Å²) in [6, 6.07) is 19.7. The second-order valence-corrected chi connectivity index (χ2v) is 20.5. The number of nitrogens with zero attached hydrogens (tertiary/aromatic N) is 2. The number of unbranched alkanes of at least 4 members (excludes halogenated alkanes) is 27. The Labute approximate surface area is 377 Å². The molecule has 60 heavy (non-hydrogen) atoms. The fourth-order valence-electron chi connectivity index (χ4n) is 9.86. The lowest BCUT2D eigenvalue weighted by atomic mass is 10.0. The van der Waals surface area contributed by atoms with Gasteiger partial charge in [0.25, 0.3) is 0 Å². The van der Waals surface area contributed by atoms with Gasteiger partial charge in [-0.3, -0.25) is 0 Å². The molecule has 0 fully saturated rings. The van der Waals surface area contributed by atoms with Gasteiger partial charge in [-0.05, 0) is 62.5 Å². The Hall–Kier alpha value is -1.64. The molecule has 2 rings (SSSR count). The summed E-state index contributed by atoms with van der Waals surface area (Å²) in [5.74, 6) is 0. The highest BCUT2D eigenvalue weighted by Gasteiger charge is 2.25. The Kier molecular flexibility index (Phi) is 33.4. The van der Waals surface area contributed by atoms with Crippen LogP contribution in [-0.2, 0) is 25.9 Å². The summed E-state index contributed by atoms with van der Waals surface area (Å²) in [4.78, 5) is 0. The molecular formula is C58H106N2+2. The minimum absolute atomic E-state index is 1.18. The first kappa shape index (κ1) is 54.5. The molecule has 0 saturated carbocycles. The summed E-state index contributed by atoms with van der Waals surface area (Å²) in [6.45, 7) is 16.9. The lowest BCUT2D eigenvalue weighted by molar-refractivity contribution is -0.929. The monoisotopic (exact) mass is 831 g/mol. The van der Waals surface area contributed by atoms with Crippen LogP contribution in [0.5, 0.6) is 0 Å². The predicted molar refractivity (Wildman–Crippen MR) is 270 cm³/mol. The highest BCUT2D eigenvalue weighted by Crippen LogP contribution is 2.22. The van der Waals surface area contributed by atoms with Crippen LogP contribution in [0, 0.1) is 0 Å². The summed E-state index contributed by atoms with van der Waals surface area (Å²) in [5, 5.41) is 0. The van der Waals surface area contributed by atoms with E-state index in [4.69, 9.17) is 0 Å². The Morgan fingerprint density at radius 3 is 0.717 bits per heavy atom. The van der Waals surface area contributed by atoms with Crippen molar-refractivity contribution >= 4 is 0 Å². The van der Waals surface area contributed by atoms with Crippen molar-refractivity contribution in [3.05, 3.63) is 70.8 Å². The van der Waals surface area contributed by atoms with Crippen molar-refractivity contribution in [2.24, 2.45) is 0 Å². The lowest BCUT2D eigenvalue weighted by Gasteiger charge is -2.37. The summed E-state index contributed by atoms with van der Waals surface area (Å²) in [5.41, 5.74) is 6.17. The molecule has 0 aliphatic heterocycles. The minimum Gasteiger partial charge on any atom is -0.322 e. The van der Waals surface area contributed by atoms with E-state index in [2.05, 4.69) is 90.3 Å². The van der Waals surface area contributed by atoms with E-state index in [0.717, 1.165) is 0 Å². The maximum absolute atomic E-state index is 2.60. The van der Waals surface area contributed by atoms with Crippen LogP contribution < -0.4 is 0 Å². The SMILES string of the molecule is CCCCCCCCCCCC[N+](C)(CCCC[N+](C)(CCCCCCCCCCCC)Cc1ccc(CCCCCCC)cc1)Cc1ccc(CCCCCCC)cc1. The van der Waals surface area contributed by atoms with Crippen LogP contribution in [0.25, 0.3) is 0 Å². The molecule has 0 spiro atoms. The van der Waals surface area contributed by atoms with Crippen molar-refractivity contribution in [3.63, 3.8) is 0 Å². The van der Waals surface area contributed by atoms with Crippen LogP contribution in [0.1, 0.15) is 255 Å². The molecule has 2 aromatic rings. The van der Waals surface area contributed by atoms with Gasteiger partial charge in [0.15, 0.2) is 0 Å². The normalized spacial score (nSPS) is 13.8. The quantitative estimate of drug-likeness (QED) is 0.0461. The minimum atomic E-state index is 1.18. The predicted octanol–water partition coefficient (Wildman–Crippen LogP) is 17.9. The highest BCUT2D eigenvalue weighted by molar-refractivity contribution is 5.23. The number of benzene rings is 2. The van der Waals surface area contributed by atoms with Crippen LogP contribution in [0.2, 0.25) is 0 Å². The van der Waals surface area contributed by atoms with Gasteiger partial charge in [0.05, 0.1) is 40.3 Å². The zero-order valence-electron chi connectivity index (χ0n) is 41.8. The van der Waals surface area contributed by atoms with Gasteiger partial charge in [-0.1, -0.05) is 230 Å². The van der Waals surface area contributed by atoms with Gasteiger partial charge in [0.1, 0.15) is 13.1 Å². The van der Waals surface area contributed by atoms with E-state index in [1.165, 1.54) is 278 Å². The molecule has 0 aliphatic rings.